The molecule has 0 bridgehead atoms. The van der Waals surface area contributed by atoms with Crippen molar-refractivity contribution in [1.29, 1.82) is 0 Å². The lowest BCUT2D eigenvalue weighted by Gasteiger charge is -2.33. The zero-order chi connectivity index (χ0) is 19.4. The summed E-state index contributed by atoms with van der Waals surface area (Å²) >= 11 is 0. The fourth-order valence-electron chi connectivity index (χ4n) is 3.02. The predicted molar refractivity (Wildman–Crippen MR) is 106 cm³/mol. The number of piperazine rings is 1. The van der Waals surface area contributed by atoms with Crippen molar-refractivity contribution in [2.75, 3.05) is 50.0 Å². The Kier molecular flexibility index (Phi) is 5.93. The van der Waals surface area contributed by atoms with Crippen LogP contribution in [0.25, 0.3) is 0 Å². The lowest BCUT2D eigenvalue weighted by atomic mass is 10.1. The number of hydrogen-bond acceptors (Lipinski definition) is 7. The zero-order valence-corrected chi connectivity index (χ0v) is 16.5. The Morgan fingerprint density at radius 2 is 1.78 bits per heavy atom. The smallest absolute Gasteiger partial charge is 0.238 e. The maximum absolute atomic E-state index is 11.3. The van der Waals surface area contributed by atoms with E-state index in [0.29, 0.717) is 6.54 Å². The highest BCUT2D eigenvalue weighted by atomic mass is 32.2. The number of nitrogens with two attached hydrogens (primary N) is 1. The van der Waals surface area contributed by atoms with Crippen molar-refractivity contribution < 1.29 is 8.42 Å². The summed E-state index contributed by atoms with van der Waals surface area (Å²) < 4.78 is 22.6. The largest absolute Gasteiger partial charge is 0.370 e. The number of aryl methyl sites for hydroxylation is 1. The summed E-state index contributed by atoms with van der Waals surface area (Å²) in [6, 6.07) is 8.61. The molecule has 1 fully saturated rings. The second-order valence-corrected chi connectivity index (χ2v) is 8.38. The van der Waals surface area contributed by atoms with E-state index in [0.717, 1.165) is 55.6 Å². The van der Waals surface area contributed by atoms with Crippen molar-refractivity contribution in [2.45, 2.75) is 18.2 Å². The molecule has 1 aliphatic rings. The van der Waals surface area contributed by atoms with Crippen LogP contribution in [-0.4, -0.2) is 63.1 Å². The van der Waals surface area contributed by atoms with E-state index in [9.17, 15) is 8.42 Å². The number of sulfonamides is 1. The van der Waals surface area contributed by atoms with Crippen molar-refractivity contribution >= 4 is 21.7 Å². The van der Waals surface area contributed by atoms with Crippen LogP contribution in [0.2, 0.25) is 0 Å². The van der Waals surface area contributed by atoms with Gasteiger partial charge in [0.2, 0.25) is 10.0 Å². The maximum atomic E-state index is 11.3. The summed E-state index contributed by atoms with van der Waals surface area (Å²) in [5.41, 5.74) is 1.03. The van der Waals surface area contributed by atoms with Crippen LogP contribution >= 0.6 is 0 Å². The molecule has 2 heterocycles. The average Bonchev–Trinajstić information content (AvgIpc) is 2.61. The van der Waals surface area contributed by atoms with E-state index >= 15 is 0 Å². The average molecular weight is 391 g/mol. The van der Waals surface area contributed by atoms with Crippen LogP contribution in [0.15, 0.2) is 35.2 Å². The maximum Gasteiger partial charge on any atom is 0.238 e. The molecule has 0 radical (unpaired) electrons. The molecule has 1 aliphatic heterocycles. The summed E-state index contributed by atoms with van der Waals surface area (Å²) in [5, 5.41) is 8.46. The van der Waals surface area contributed by atoms with Crippen LogP contribution in [0.5, 0.6) is 0 Å². The van der Waals surface area contributed by atoms with Gasteiger partial charge in [-0.1, -0.05) is 12.1 Å². The molecular formula is C18H26N6O2S. The van der Waals surface area contributed by atoms with Gasteiger partial charge in [0.15, 0.2) is 0 Å². The molecule has 0 amide bonds. The first-order valence-electron chi connectivity index (χ1n) is 8.96. The molecule has 1 aromatic heterocycles. The van der Waals surface area contributed by atoms with E-state index < -0.39 is 10.0 Å². The fourth-order valence-corrected chi connectivity index (χ4v) is 3.54. The SMILES string of the molecule is Cc1nc(NCCc2ccc(S(N)(=O)=O)cc2)cc(N2CCN(C)CC2)n1. The van der Waals surface area contributed by atoms with Crippen molar-refractivity contribution in [3.05, 3.63) is 41.7 Å². The van der Waals surface area contributed by atoms with Crippen molar-refractivity contribution in [2.24, 2.45) is 5.14 Å². The molecule has 3 rings (SSSR count). The molecular weight excluding hydrogens is 364 g/mol. The van der Waals surface area contributed by atoms with Crippen LogP contribution in [0.1, 0.15) is 11.4 Å². The third kappa shape index (κ3) is 5.38. The number of nitrogens with zero attached hydrogens (tertiary/aromatic N) is 4. The van der Waals surface area contributed by atoms with Crippen molar-refractivity contribution in [3.8, 4) is 0 Å². The molecule has 3 N–H and O–H groups in total. The van der Waals surface area contributed by atoms with Gasteiger partial charge in [0.05, 0.1) is 4.90 Å². The second kappa shape index (κ2) is 8.20. The molecule has 0 aliphatic carbocycles. The normalized spacial score (nSPS) is 15.7. The van der Waals surface area contributed by atoms with Gasteiger partial charge in [0.25, 0.3) is 0 Å². The topological polar surface area (TPSA) is 104 Å². The summed E-state index contributed by atoms with van der Waals surface area (Å²) in [7, 11) is -1.52. The van der Waals surface area contributed by atoms with Crippen LogP contribution in [0.4, 0.5) is 11.6 Å². The minimum absolute atomic E-state index is 0.127. The Labute approximate surface area is 160 Å². The highest BCUT2D eigenvalue weighted by molar-refractivity contribution is 7.89. The molecule has 146 valence electrons. The van der Waals surface area contributed by atoms with Crippen molar-refractivity contribution in [1.82, 2.24) is 14.9 Å². The standard InChI is InChI=1S/C18H26N6O2S/c1-14-21-17(13-18(22-14)24-11-9-23(2)10-12-24)20-8-7-15-3-5-16(6-4-15)27(19,25)26/h3-6,13H,7-12H2,1-2H3,(H2,19,25,26)(H,20,21,22). The minimum atomic E-state index is -3.65. The third-order valence-electron chi connectivity index (χ3n) is 4.62. The first-order valence-corrected chi connectivity index (χ1v) is 10.5. The van der Waals surface area contributed by atoms with Crippen LogP contribution in [0.3, 0.4) is 0 Å². The number of nitrogens with one attached hydrogen (secondary N) is 1. The van der Waals surface area contributed by atoms with E-state index in [4.69, 9.17) is 5.14 Å². The molecule has 9 heteroatoms. The number of likely N-dealkylation sites (N-methyl/N-ethyl adjacent to an activating group) is 1. The fraction of sp³-hybridized carbons (Fsp3) is 0.444. The van der Waals surface area contributed by atoms with Gasteiger partial charge in [-0.05, 0) is 38.1 Å². The highest BCUT2D eigenvalue weighted by Gasteiger charge is 2.16. The van der Waals surface area contributed by atoms with E-state index in [1.54, 1.807) is 12.1 Å². The lowest BCUT2D eigenvalue weighted by molar-refractivity contribution is 0.312. The number of benzene rings is 1. The molecule has 0 atom stereocenters. The molecule has 8 nitrogen and oxygen atoms in total. The Bertz CT molecular complexity index is 877. The Balaban J connectivity index is 1.59. The minimum Gasteiger partial charge on any atom is -0.370 e. The second-order valence-electron chi connectivity index (χ2n) is 6.81. The van der Waals surface area contributed by atoms with Gasteiger partial charge in [0.1, 0.15) is 17.5 Å². The first-order chi connectivity index (χ1) is 12.8. The summed E-state index contributed by atoms with van der Waals surface area (Å²) in [4.78, 5) is 13.8. The molecule has 0 unspecified atom stereocenters. The summed E-state index contributed by atoms with van der Waals surface area (Å²) in [6.07, 6.45) is 0.748. The van der Waals surface area contributed by atoms with E-state index in [1.807, 2.05) is 13.0 Å². The first kappa shape index (κ1) is 19.5. The van der Waals surface area contributed by atoms with Crippen molar-refractivity contribution in [3.63, 3.8) is 0 Å². The molecule has 1 aromatic carbocycles. The zero-order valence-electron chi connectivity index (χ0n) is 15.7. The number of aromatic nitrogens is 2. The van der Waals surface area contributed by atoms with Gasteiger partial charge in [-0.25, -0.2) is 23.5 Å². The predicted octanol–water partition coefficient (Wildman–Crippen LogP) is 0.839. The molecule has 0 spiro atoms. The number of primary sulfonamides is 1. The van der Waals surface area contributed by atoms with E-state index in [2.05, 4.69) is 32.1 Å². The monoisotopic (exact) mass is 390 g/mol. The van der Waals surface area contributed by atoms with Gasteiger partial charge in [0, 0.05) is 38.8 Å². The van der Waals surface area contributed by atoms with Crippen LogP contribution in [0, 0.1) is 6.92 Å². The van der Waals surface area contributed by atoms with Gasteiger partial charge >= 0.3 is 0 Å². The van der Waals surface area contributed by atoms with Gasteiger partial charge in [-0.3, -0.25) is 0 Å². The lowest BCUT2D eigenvalue weighted by Crippen LogP contribution is -2.44. The third-order valence-corrected chi connectivity index (χ3v) is 5.55. The van der Waals surface area contributed by atoms with Gasteiger partial charge < -0.3 is 15.1 Å². The summed E-state index contributed by atoms with van der Waals surface area (Å²) in [6.45, 7) is 6.57. The van der Waals surface area contributed by atoms with E-state index in [1.165, 1.54) is 12.1 Å². The van der Waals surface area contributed by atoms with Gasteiger partial charge in [-0.15, -0.1) is 0 Å². The quantitative estimate of drug-likeness (QED) is 0.753. The molecule has 1 saturated heterocycles. The highest BCUT2D eigenvalue weighted by Crippen LogP contribution is 2.17. The van der Waals surface area contributed by atoms with Crippen LogP contribution in [-0.2, 0) is 16.4 Å². The number of anilines is 2. The van der Waals surface area contributed by atoms with Crippen LogP contribution < -0.4 is 15.4 Å². The Hall–Kier alpha value is -2.23. The van der Waals surface area contributed by atoms with Gasteiger partial charge in [-0.2, -0.15) is 0 Å². The molecule has 0 saturated carbocycles. The summed E-state index contributed by atoms with van der Waals surface area (Å²) in [5.74, 6) is 2.50. The van der Waals surface area contributed by atoms with E-state index in [-0.39, 0.29) is 4.90 Å². The number of rotatable bonds is 6. The molecule has 27 heavy (non-hydrogen) atoms. The molecule has 2 aromatic rings. The Morgan fingerprint density at radius 1 is 1.11 bits per heavy atom. The number of hydrogen-bond donors (Lipinski definition) is 2. The Morgan fingerprint density at radius 3 is 2.41 bits per heavy atom.